The first kappa shape index (κ1) is 23.0. The lowest BCUT2D eigenvalue weighted by Gasteiger charge is -2.21. The van der Waals surface area contributed by atoms with Gasteiger partial charge in [0, 0.05) is 17.1 Å². The van der Waals surface area contributed by atoms with Crippen LogP contribution in [-0.4, -0.2) is 50.6 Å². The number of ether oxygens (including phenoxy) is 1. The molecule has 0 radical (unpaired) electrons. The summed E-state index contributed by atoms with van der Waals surface area (Å²) in [5, 5.41) is 8.04. The van der Waals surface area contributed by atoms with Gasteiger partial charge in [0.25, 0.3) is 10.1 Å². The summed E-state index contributed by atoms with van der Waals surface area (Å²) in [5.74, 6) is 0.510. The number of aryl methyl sites for hydroxylation is 1. The van der Waals surface area contributed by atoms with E-state index in [0.717, 1.165) is 16.8 Å². The molecule has 0 spiro atoms. The SMILES string of the molecule is Cc1cc(N(c2cc3cc(COS(C)(=O)=O)ccc3c(OC(C)C)n2)S(C)(=O)=O)n[nH]1. The third-order valence-corrected chi connectivity index (χ3v) is 5.66. The van der Waals surface area contributed by atoms with Crippen LogP contribution in [0.15, 0.2) is 30.3 Å². The van der Waals surface area contributed by atoms with Gasteiger partial charge in [0.1, 0.15) is 0 Å². The van der Waals surface area contributed by atoms with Gasteiger partial charge in [-0.15, -0.1) is 0 Å². The number of pyridine rings is 1. The summed E-state index contributed by atoms with van der Waals surface area (Å²) >= 11 is 0. The van der Waals surface area contributed by atoms with Gasteiger partial charge in [0.2, 0.25) is 15.9 Å². The van der Waals surface area contributed by atoms with Crippen LogP contribution in [0.25, 0.3) is 10.8 Å². The molecule has 0 unspecified atom stereocenters. The average molecular weight is 469 g/mol. The van der Waals surface area contributed by atoms with Gasteiger partial charge < -0.3 is 4.74 Å². The molecule has 0 bridgehead atoms. The molecule has 12 heteroatoms. The zero-order valence-corrected chi connectivity index (χ0v) is 19.4. The third kappa shape index (κ3) is 5.71. The van der Waals surface area contributed by atoms with Crippen LogP contribution < -0.4 is 9.04 Å². The van der Waals surface area contributed by atoms with E-state index in [0.29, 0.717) is 22.0 Å². The third-order valence-electron chi connectivity index (χ3n) is 4.07. The van der Waals surface area contributed by atoms with E-state index in [1.165, 1.54) is 0 Å². The lowest BCUT2D eigenvalue weighted by molar-refractivity contribution is 0.236. The standard InChI is InChI=1S/C19H24N4O6S2/c1-12(2)29-19-16-7-6-14(11-28-31(5,26)27)9-15(16)10-17(20-19)23(30(4,24)25)18-8-13(3)21-22-18/h6-10,12H,11H2,1-5H3,(H,21,22). The van der Waals surface area contributed by atoms with Crippen molar-refractivity contribution in [1.82, 2.24) is 15.2 Å². The van der Waals surface area contributed by atoms with E-state index in [9.17, 15) is 16.8 Å². The van der Waals surface area contributed by atoms with Crippen molar-refractivity contribution in [2.45, 2.75) is 33.5 Å². The first-order chi connectivity index (χ1) is 14.3. The van der Waals surface area contributed by atoms with Gasteiger partial charge in [0.15, 0.2) is 11.6 Å². The van der Waals surface area contributed by atoms with Crippen molar-refractivity contribution in [3.63, 3.8) is 0 Å². The van der Waals surface area contributed by atoms with Gasteiger partial charge >= 0.3 is 0 Å². The molecule has 1 N–H and O–H groups in total. The Morgan fingerprint density at radius 3 is 2.32 bits per heavy atom. The van der Waals surface area contributed by atoms with Crippen molar-refractivity contribution in [3.8, 4) is 5.88 Å². The maximum Gasteiger partial charge on any atom is 0.264 e. The lowest BCUT2D eigenvalue weighted by Crippen LogP contribution is -2.26. The number of H-pyrrole nitrogens is 1. The molecular formula is C19H24N4O6S2. The second-order valence-corrected chi connectivity index (χ2v) is 10.9. The summed E-state index contributed by atoms with van der Waals surface area (Å²) in [6.07, 6.45) is 1.82. The Hall–Kier alpha value is -2.70. The number of anilines is 2. The Bertz CT molecular complexity index is 1320. The number of sulfonamides is 1. The molecule has 0 aliphatic heterocycles. The molecule has 0 saturated carbocycles. The summed E-state index contributed by atoms with van der Waals surface area (Å²) in [7, 11) is -7.39. The van der Waals surface area contributed by atoms with Crippen molar-refractivity contribution in [2.75, 3.05) is 16.8 Å². The molecule has 31 heavy (non-hydrogen) atoms. The van der Waals surface area contributed by atoms with E-state index in [1.807, 2.05) is 13.8 Å². The topological polar surface area (TPSA) is 132 Å². The number of hydrogen-bond acceptors (Lipinski definition) is 8. The minimum Gasteiger partial charge on any atom is -0.474 e. The Morgan fingerprint density at radius 1 is 1.06 bits per heavy atom. The minimum atomic E-state index is -3.78. The fourth-order valence-electron chi connectivity index (χ4n) is 2.91. The summed E-state index contributed by atoms with van der Waals surface area (Å²) < 4.78 is 59.6. The summed E-state index contributed by atoms with van der Waals surface area (Å²) in [6, 6.07) is 8.31. The van der Waals surface area contributed by atoms with Crippen LogP contribution in [0.3, 0.4) is 0 Å². The van der Waals surface area contributed by atoms with Crippen molar-refractivity contribution in [3.05, 3.63) is 41.6 Å². The summed E-state index contributed by atoms with van der Waals surface area (Å²) in [5.41, 5.74) is 1.27. The van der Waals surface area contributed by atoms with E-state index < -0.39 is 20.1 Å². The number of nitrogens with one attached hydrogen (secondary N) is 1. The number of rotatable bonds is 8. The second-order valence-electron chi connectivity index (χ2n) is 7.41. The highest BCUT2D eigenvalue weighted by atomic mass is 32.2. The maximum absolute atomic E-state index is 12.6. The second kappa shape index (κ2) is 8.44. The van der Waals surface area contributed by atoms with Crippen molar-refractivity contribution >= 4 is 42.5 Å². The molecule has 0 fully saturated rings. The smallest absolute Gasteiger partial charge is 0.264 e. The Kier molecular flexibility index (Phi) is 6.25. The zero-order valence-electron chi connectivity index (χ0n) is 17.8. The van der Waals surface area contributed by atoms with E-state index >= 15 is 0 Å². The first-order valence-corrected chi connectivity index (χ1v) is 13.0. The average Bonchev–Trinajstić information content (AvgIpc) is 3.03. The van der Waals surface area contributed by atoms with Gasteiger partial charge in [-0.05, 0) is 49.9 Å². The van der Waals surface area contributed by atoms with Gasteiger partial charge in [0.05, 0.1) is 25.2 Å². The molecule has 0 saturated heterocycles. The predicted octanol–water partition coefficient (Wildman–Crippen LogP) is 2.63. The molecular weight excluding hydrogens is 444 g/mol. The lowest BCUT2D eigenvalue weighted by atomic mass is 10.1. The number of benzene rings is 1. The molecule has 1 aromatic carbocycles. The quantitative estimate of drug-likeness (QED) is 0.499. The fourth-order valence-corrected chi connectivity index (χ4v) is 4.13. The molecule has 0 aliphatic rings. The fraction of sp³-hybridized carbons (Fsp3) is 0.368. The highest BCUT2D eigenvalue weighted by Crippen LogP contribution is 2.34. The monoisotopic (exact) mass is 468 g/mol. The first-order valence-electron chi connectivity index (χ1n) is 9.30. The Balaban J connectivity index is 2.19. The summed E-state index contributed by atoms with van der Waals surface area (Å²) in [6.45, 7) is 5.27. The number of aromatic amines is 1. The number of aromatic nitrogens is 3. The van der Waals surface area contributed by atoms with E-state index in [1.54, 1.807) is 37.3 Å². The normalized spacial score (nSPS) is 12.5. The van der Waals surface area contributed by atoms with Gasteiger partial charge in [-0.25, -0.2) is 12.7 Å². The van der Waals surface area contributed by atoms with Crippen LogP contribution in [-0.2, 0) is 30.9 Å². The maximum atomic E-state index is 12.6. The van der Waals surface area contributed by atoms with Gasteiger partial charge in [-0.2, -0.15) is 18.5 Å². The largest absolute Gasteiger partial charge is 0.474 e. The molecule has 2 aromatic heterocycles. The molecule has 3 aromatic rings. The van der Waals surface area contributed by atoms with E-state index in [2.05, 4.69) is 15.2 Å². The molecule has 0 aliphatic carbocycles. The van der Waals surface area contributed by atoms with Crippen molar-refractivity contribution in [1.29, 1.82) is 0 Å². The van der Waals surface area contributed by atoms with E-state index in [4.69, 9.17) is 8.92 Å². The molecule has 0 amide bonds. The van der Waals surface area contributed by atoms with Crippen LogP contribution in [0.1, 0.15) is 25.1 Å². The molecule has 0 atom stereocenters. The molecule has 3 rings (SSSR count). The van der Waals surface area contributed by atoms with Crippen LogP contribution in [0.2, 0.25) is 0 Å². The van der Waals surface area contributed by atoms with Gasteiger partial charge in [-0.3, -0.25) is 9.28 Å². The molecule has 2 heterocycles. The van der Waals surface area contributed by atoms with Crippen LogP contribution >= 0.6 is 0 Å². The predicted molar refractivity (Wildman–Crippen MR) is 117 cm³/mol. The van der Waals surface area contributed by atoms with Crippen LogP contribution in [0.4, 0.5) is 11.6 Å². The number of nitrogens with zero attached hydrogens (tertiary/aromatic N) is 3. The van der Waals surface area contributed by atoms with Crippen molar-refractivity contribution in [2.24, 2.45) is 0 Å². The molecule has 10 nitrogen and oxygen atoms in total. The Morgan fingerprint density at radius 2 is 1.77 bits per heavy atom. The van der Waals surface area contributed by atoms with Gasteiger partial charge in [-0.1, -0.05) is 6.07 Å². The Labute approximate surface area is 181 Å². The highest BCUT2D eigenvalue weighted by Gasteiger charge is 2.25. The van der Waals surface area contributed by atoms with Crippen LogP contribution in [0, 0.1) is 6.92 Å². The minimum absolute atomic E-state index is 0.0957. The number of fused-ring (bicyclic) bond motifs is 1. The van der Waals surface area contributed by atoms with Crippen LogP contribution in [0.5, 0.6) is 5.88 Å². The zero-order chi connectivity index (χ0) is 23.0. The number of hydrogen-bond donors (Lipinski definition) is 1. The molecule has 168 valence electrons. The summed E-state index contributed by atoms with van der Waals surface area (Å²) in [4.78, 5) is 4.45. The van der Waals surface area contributed by atoms with Crippen molar-refractivity contribution < 1.29 is 25.8 Å². The van der Waals surface area contributed by atoms with E-state index in [-0.39, 0.29) is 30.2 Å². The highest BCUT2D eigenvalue weighted by molar-refractivity contribution is 7.92.